The summed E-state index contributed by atoms with van der Waals surface area (Å²) >= 11 is 0. The fourth-order valence-corrected chi connectivity index (χ4v) is 1.81. The van der Waals surface area contributed by atoms with E-state index in [1.54, 1.807) is 12.1 Å². The first-order valence-electron chi connectivity index (χ1n) is 6.19. The molecule has 0 fully saturated rings. The molecule has 4 nitrogen and oxygen atoms in total. The zero-order chi connectivity index (χ0) is 13.7. The van der Waals surface area contributed by atoms with Crippen LogP contribution >= 0.6 is 0 Å². The molecule has 0 radical (unpaired) electrons. The van der Waals surface area contributed by atoms with Crippen molar-refractivity contribution in [1.29, 1.82) is 0 Å². The van der Waals surface area contributed by atoms with Gasteiger partial charge >= 0.3 is 0 Å². The lowest BCUT2D eigenvalue weighted by Crippen LogP contribution is -2.23. The molecule has 2 aromatic rings. The Balaban J connectivity index is 2.01. The number of carbonyl (C=O) groups is 1. The topological polar surface area (TPSA) is 68.0 Å². The average molecular weight is 255 g/mol. The van der Waals surface area contributed by atoms with Crippen molar-refractivity contribution >= 4 is 5.91 Å². The Labute approximate surface area is 112 Å². The highest BCUT2D eigenvalue weighted by molar-refractivity contribution is 5.94. The van der Waals surface area contributed by atoms with Gasteiger partial charge in [-0.1, -0.05) is 18.2 Å². The van der Waals surface area contributed by atoms with E-state index in [0.29, 0.717) is 18.7 Å². The van der Waals surface area contributed by atoms with Gasteiger partial charge in [-0.3, -0.25) is 9.78 Å². The molecule has 0 saturated heterocycles. The third-order valence-corrected chi connectivity index (χ3v) is 2.80. The molecule has 0 spiro atoms. The van der Waals surface area contributed by atoms with Gasteiger partial charge in [0.25, 0.3) is 5.91 Å². The van der Waals surface area contributed by atoms with Crippen LogP contribution in [0.4, 0.5) is 0 Å². The van der Waals surface area contributed by atoms with E-state index < -0.39 is 0 Å². The van der Waals surface area contributed by atoms with Gasteiger partial charge in [-0.2, -0.15) is 0 Å². The van der Waals surface area contributed by atoms with E-state index in [0.717, 1.165) is 17.0 Å². The molecule has 1 heterocycles. The van der Waals surface area contributed by atoms with Gasteiger partial charge in [-0.15, -0.1) is 0 Å². The minimum absolute atomic E-state index is 0.112. The van der Waals surface area contributed by atoms with Crippen molar-refractivity contribution in [2.75, 3.05) is 0 Å². The first-order valence-corrected chi connectivity index (χ1v) is 6.19. The summed E-state index contributed by atoms with van der Waals surface area (Å²) in [6.07, 6.45) is 0. The van der Waals surface area contributed by atoms with Gasteiger partial charge in [0.15, 0.2) is 0 Å². The van der Waals surface area contributed by atoms with Crippen molar-refractivity contribution in [3.05, 3.63) is 65.0 Å². The molecule has 3 N–H and O–H groups in total. The maximum atomic E-state index is 12.0. The van der Waals surface area contributed by atoms with E-state index >= 15 is 0 Å². The molecular formula is C15H17N3O. The highest BCUT2D eigenvalue weighted by Gasteiger charge is 2.06. The molecule has 0 atom stereocenters. The first-order chi connectivity index (χ1) is 9.19. The normalized spacial score (nSPS) is 10.2. The fraction of sp³-hybridized carbons (Fsp3) is 0.200. The van der Waals surface area contributed by atoms with Crippen LogP contribution < -0.4 is 11.1 Å². The smallest absolute Gasteiger partial charge is 0.251 e. The third kappa shape index (κ3) is 3.63. The maximum Gasteiger partial charge on any atom is 0.251 e. The Kier molecular flexibility index (Phi) is 4.26. The minimum Gasteiger partial charge on any atom is -0.346 e. The summed E-state index contributed by atoms with van der Waals surface area (Å²) < 4.78 is 0. The van der Waals surface area contributed by atoms with Crippen LogP contribution in [0.25, 0.3) is 0 Å². The largest absolute Gasteiger partial charge is 0.346 e. The standard InChI is InChI=1S/C15H17N3O/c1-11-4-2-7-14(18-11)10-17-15(19)13-6-3-5-12(8-13)9-16/h2-8H,9-10,16H2,1H3,(H,17,19). The second kappa shape index (κ2) is 6.11. The number of hydrogen-bond acceptors (Lipinski definition) is 3. The lowest BCUT2D eigenvalue weighted by atomic mass is 10.1. The van der Waals surface area contributed by atoms with Crippen LogP contribution in [0, 0.1) is 6.92 Å². The Hall–Kier alpha value is -2.20. The van der Waals surface area contributed by atoms with Gasteiger partial charge < -0.3 is 11.1 Å². The number of carbonyl (C=O) groups excluding carboxylic acids is 1. The fourth-order valence-electron chi connectivity index (χ4n) is 1.81. The summed E-state index contributed by atoms with van der Waals surface area (Å²) in [5.74, 6) is -0.112. The molecule has 1 aromatic heterocycles. The van der Waals surface area contributed by atoms with Gasteiger partial charge in [0.1, 0.15) is 0 Å². The number of hydrogen-bond donors (Lipinski definition) is 2. The quantitative estimate of drug-likeness (QED) is 0.875. The summed E-state index contributed by atoms with van der Waals surface area (Å²) in [6.45, 7) is 2.78. The van der Waals surface area contributed by atoms with E-state index in [4.69, 9.17) is 5.73 Å². The molecule has 0 saturated carbocycles. The number of rotatable bonds is 4. The SMILES string of the molecule is Cc1cccc(CNC(=O)c2cccc(CN)c2)n1. The monoisotopic (exact) mass is 255 g/mol. The molecule has 4 heteroatoms. The van der Waals surface area contributed by atoms with Crippen LogP contribution in [-0.2, 0) is 13.1 Å². The zero-order valence-electron chi connectivity index (χ0n) is 10.9. The predicted molar refractivity (Wildman–Crippen MR) is 74.5 cm³/mol. The summed E-state index contributed by atoms with van der Waals surface area (Å²) in [5, 5.41) is 2.85. The number of nitrogens with one attached hydrogen (secondary N) is 1. The number of amides is 1. The molecule has 2 rings (SSSR count). The summed E-state index contributed by atoms with van der Waals surface area (Å²) in [7, 11) is 0. The number of aromatic nitrogens is 1. The molecule has 1 amide bonds. The van der Waals surface area contributed by atoms with Crippen LogP contribution in [0.15, 0.2) is 42.5 Å². The lowest BCUT2D eigenvalue weighted by molar-refractivity contribution is 0.0950. The highest BCUT2D eigenvalue weighted by Crippen LogP contribution is 2.05. The van der Waals surface area contributed by atoms with Gasteiger partial charge in [-0.25, -0.2) is 0 Å². The maximum absolute atomic E-state index is 12.0. The van der Waals surface area contributed by atoms with E-state index in [9.17, 15) is 4.79 Å². The van der Waals surface area contributed by atoms with Gasteiger partial charge in [0.2, 0.25) is 0 Å². The second-order valence-corrected chi connectivity index (χ2v) is 4.36. The number of benzene rings is 1. The Morgan fingerprint density at radius 1 is 1.26 bits per heavy atom. The number of nitrogens with two attached hydrogens (primary N) is 1. The summed E-state index contributed by atoms with van der Waals surface area (Å²) in [4.78, 5) is 16.3. The zero-order valence-corrected chi connectivity index (χ0v) is 10.9. The molecule has 0 aliphatic heterocycles. The molecule has 1 aromatic carbocycles. The van der Waals surface area contributed by atoms with E-state index in [2.05, 4.69) is 10.3 Å². The predicted octanol–water partition coefficient (Wildman–Crippen LogP) is 1.78. The van der Waals surface area contributed by atoms with Crippen LogP contribution in [0.1, 0.15) is 27.3 Å². The van der Waals surface area contributed by atoms with Crippen molar-refractivity contribution in [3.63, 3.8) is 0 Å². The molecular weight excluding hydrogens is 238 g/mol. The second-order valence-electron chi connectivity index (χ2n) is 4.36. The van der Waals surface area contributed by atoms with Crippen molar-refractivity contribution in [1.82, 2.24) is 10.3 Å². The molecule has 98 valence electrons. The Bertz CT molecular complexity index is 581. The number of pyridine rings is 1. The van der Waals surface area contributed by atoms with Crippen LogP contribution in [0.3, 0.4) is 0 Å². The van der Waals surface area contributed by atoms with Crippen LogP contribution in [0.5, 0.6) is 0 Å². The van der Waals surface area contributed by atoms with Crippen molar-refractivity contribution in [2.24, 2.45) is 5.73 Å². The van der Waals surface area contributed by atoms with Gasteiger partial charge in [0, 0.05) is 17.8 Å². The van der Waals surface area contributed by atoms with Gasteiger partial charge in [0.05, 0.1) is 12.2 Å². The molecule has 0 bridgehead atoms. The molecule has 19 heavy (non-hydrogen) atoms. The highest BCUT2D eigenvalue weighted by atomic mass is 16.1. The van der Waals surface area contributed by atoms with Gasteiger partial charge in [-0.05, 0) is 36.8 Å². The van der Waals surface area contributed by atoms with Crippen LogP contribution in [0.2, 0.25) is 0 Å². The van der Waals surface area contributed by atoms with E-state index in [-0.39, 0.29) is 5.91 Å². The Morgan fingerprint density at radius 3 is 2.79 bits per heavy atom. The van der Waals surface area contributed by atoms with Crippen molar-refractivity contribution < 1.29 is 4.79 Å². The molecule has 0 aliphatic carbocycles. The number of nitrogens with zero attached hydrogens (tertiary/aromatic N) is 1. The first kappa shape index (κ1) is 13.2. The Morgan fingerprint density at radius 2 is 2.05 bits per heavy atom. The van der Waals surface area contributed by atoms with Crippen LogP contribution in [-0.4, -0.2) is 10.9 Å². The van der Waals surface area contributed by atoms with Crippen molar-refractivity contribution in [2.45, 2.75) is 20.0 Å². The van der Waals surface area contributed by atoms with E-state index in [1.807, 2.05) is 37.3 Å². The molecule has 0 aliphatic rings. The van der Waals surface area contributed by atoms with Crippen molar-refractivity contribution in [3.8, 4) is 0 Å². The third-order valence-electron chi connectivity index (χ3n) is 2.80. The minimum atomic E-state index is -0.112. The average Bonchev–Trinajstić information content (AvgIpc) is 2.45. The summed E-state index contributed by atoms with van der Waals surface area (Å²) in [5.41, 5.74) is 8.92. The molecule has 0 unspecified atom stereocenters. The summed E-state index contributed by atoms with van der Waals surface area (Å²) in [6, 6.07) is 13.1. The number of aryl methyl sites for hydroxylation is 1. The van der Waals surface area contributed by atoms with E-state index in [1.165, 1.54) is 0 Å². The lowest BCUT2D eigenvalue weighted by Gasteiger charge is -2.06.